The normalized spacial score (nSPS) is 32.1. The van der Waals surface area contributed by atoms with Gasteiger partial charge < -0.3 is 19.8 Å². The molecule has 0 spiro atoms. The van der Waals surface area contributed by atoms with E-state index in [0.717, 1.165) is 43.0 Å². The van der Waals surface area contributed by atoms with Crippen LogP contribution >= 0.6 is 0 Å². The van der Waals surface area contributed by atoms with Crippen molar-refractivity contribution in [3.05, 3.63) is 53.5 Å². The lowest BCUT2D eigenvalue weighted by Crippen LogP contribution is -2.48. The van der Waals surface area contributed by atoms with E-state index in [4.69, 9.17) is 9.15 Å². The maximum Gasteiger partial charge on any atom is 0.291 e. The summed E-state index contributed by atoms with van der Waals surface area (Å²) < 4.78 is 11.7. The highest BCUT2D eigenvalue weighted by atomic mass is 16.5. The summed E-state index contributed by atoms with van der Waals surface area (Å²) in [5, 5.41) is 5.82. The summed E-state index contributed by atoms with van der Waals surface area (Å²) >= 11 is 0. The van der Waals surface area contributed by atoms with Crippen LogP contribution in [0.3, 0.4) is 0 Å². The molecule has 4 aliphatic carbocycles. The predicted octanol–water partition coefficient (Wildman–Crippen LogP) is 4.91. The molecule has 1 aromatic carbocycles. The largest absolute Gasteiger partial charge is 0.455 e. The zero-order valence-electron chi connectivity index (χ0n) is 19.0. The Hall–Kier alpha value is -2.60. The molecule has 2 amide bonds. The standard InChI is InChI=1S/C27H32N2O4/c30-25(28-16-22-2-1-9-32-22)20-3-5-21(6-4-20)29-26(31)23-7-8-24(33-23)27-13-17-10-18(14-27)12-19(11-17)15-27/h3-8,17-19,22H,1-2,9-16H2,(H,28,30)(H,29,31)/t17?,18?,19?,22-,27?/m1/s1. The van der Waals surface area contributed by atoms with Crippen molar-refractivity contribution in [2.24, 2.45) is 17.8 Å². The van der Waals surface area contributed by atoms with Crippen molar-refractivity contribution >= 4 is 17.5 Å². The number of hydrogen-bond acceptors (Lipinski definition) is 4. The van der Waals surface area contributed by atoms with E-state index >= 15 is 0 Å². The molecule has 2 heterocycles. The Kier molecular flexibility index (Phi) is 5.28. The Morgan fingerprint density at radius 1 is 0.909 bits per heavy atom. The predicted molar refractivity (Wildman–Crippen MR) is 124 cm³/mol. The molecule has 0 unspecified atom stereocenters. The van der Waals surface area contributed by atoms with Gasteiger partial charge in [-0.15, -0.1) is 0 Å². The molecule has 6 nitrogen and oxygen atoms in total. The second-order valence-corrected chi connectivity index (χ2v) is 10.7. The summed E-state index contributed by atoms with van der Waals surface area (Å²) in [5.41, 5.74) is 1.35. The SMILES string of the molecule is O=C(NC[C@H]1CCCO1)c1ccc(NC(=O)c2ccc(C34CC5CC(CC(C5)C3)C4)o2)cc1. The molecule has 4 bridgehead atoms. The summed E-state index contributed by atoms with van der Waals surface area (Å²) in [6.45, 7) is 1.30. The lowest BCUT2D eigenvalue weighted by Gasteiger charge is -2.55. The van der Waals surface area contributed by atoms with Crippen LogP contribution in [0.5, 0.6) is 0 Å². The van der Waals surface area contributed by atoms with Crippen LogP contribution in [0.1, 0.15) is 78.0 Å². The molecule has 5 aliphatic rings. The molecule has 1 aromatic heterocycles. The fraction of sp³-hybridized carbons (Fsp3) is 0.556. The number of nitrogens with one attached hydrogen (secondary N) is 2. The minimum absolute atomic E-state index is 0.115. The fourth-order valence-electron chi connectivity index (χ4n) is 7.17. The van der Waals surface area contributed by atoms with Gasteiger partial charge in [0.2, 0.25) is 0 Å². The minimum Gasteiger partial charge on any atom is -0.455 e. The first-order valence-electron chi connectivity index (χ1n) is 12.5. The second kappa shape index (κ2) is 8.32. The molecule has 1 atom stereocenters. The number of benzene rings is 1. The number of hydrogen-bond donors (Lipinski definition) is 2. The topological polar surface area (TPSA) is 80.6 Å². The van der Waals surface area contributed by atoms with Crippen molar-refractivity contribution in [2.75, 3.05) is 18.5 Å². The molecule has 2 aromatic rings. The second-order valence-electron chi connectivity index (χ2n) is 10.7. The van der Waals surface area contributed by atoms with E-state index < -0.39 is 0 Å². The van der Waals surface area contributed by atoms with Gasteiger partial charge in [0.1, 0.15) is 5.76 Å². The van der Waals surface area contributed by atoms with E-state index in [1.54, 1.807) is 24.3 Å². The van der Waals surface area contributed by atoms with Gasteiger partial charge >= 0.3 is 0 Å². The zero-order chi connectivity index (χ0) is 22.4. The molecule has 4 saturated carbocycles. The Morgan fingerprint density at radius 3 is 2.24 bits per heavy atom. The van der Waals surface area contributed by atoms with Crippen molar-refractivity contribution in [3.63, 3.8) is 0 Å². The van der Waals surface area contributed by atoms with Crippen LogP contribution in [0.15, 0.2) is 40.8 Å². The van der Waals surface area contributed by atoms with Gasteiger partial charge in [-0.25, -0.2) is 0 Å². The van der Waals surface area contributed by atoms with E-state index in [1.807, 2.05) is 12.1 Å². The molecule has 1 aliphatic heterocycles. The minimum atomic E-state index is -0.249. The number of carbonyl (C=O) groups excluding carboxylic acids is 2. The molecule has 1 saturated heterocycles. The molecule has 7 rings (SSSR count). The van der Waals surface area contributed by atoms with Crippen LogP contribution < -0.4 is 10.6 Å². The summed E-state index contributed by atoms with van der Waals surface area (Å²) in [6.07, 6.45) is 9.94. The molecule has 2 N–H and O–H groups in total. The lowest BCUT2D eigenvalue weighted by molar-refractivity contribution is -0.0154. The molecular weight excluding hydrogens is 416 g/mol. The maximum atomic E-state index is 12.8. The number of carbonyl (C=O) groups is 2. The first-order valence-corrected chi connectivity index (χ1v) is 12.5. The first kappa shape index (κ1) is 21.0. The number of rotatable bonds is 6. The van der Waals surface area contributed by atoms with Crippen molar-refractivity contribution in [1.82, 2.24) is 5.32 Å². The van der Waals surface area contributed by atoms with Crippen molar-refractivity contribution in [1.29, 1.82) is 0 Å². The first-order chi connectivity index (χ1) is 16.1. The molecular formula is C27H32N2O4. The average Bonchev–Trinajstić information content (AvgIpc) is 3.50. The van der Waals surface area contributed by atoms with Gasteiger partial charge in [-0.2, -0.15) is 0 Å². The summed E-state index contributed by atoms with van der Waals surface area (Å²) in [5.74, 6) is 3.49. The van der Waals surface area contributed by atoms with Gasteiger partial charge in [-0.3, -0.25) is 9.59 Å². The average molecular weight is 449 g/mol. The molecule has 0 radical (unpaired) electrons. The Balaban J connectivity index is 1.08. The third-order valence-electron chi connectivity index (χ3n) is 8.31. The number of furan rings is 1. The van der Waals surface area contributed by atoms with Gasteiger partial charge in [0.25, 0.3) is 11.8 Å². The highest BCUT2D eigenvalue weighted by Crippen LogP contribution is 2.60. The van der Waals surface area contributed by atoms with Gasteiger partial charge in [0, 0.05) is 29.8 Å². The van der Waals surface area contributed by atoms with Crippen LogP contribution in [0.4, 0.5) is 5.69 Å². The van der Waals surface area contributed by atoms with Gasteiger partial charge in [-0.1, -0.05) is 0 Å². The summed E-state index contributed by atoms with van der Waals surface area (Å²) in [4.78, 5) is 25.2. The molecule has 5 fully saturated rings. The molecule has 33 heavy (non-hydrogen) atoms. The third kappa shape index (κ3) is 4.10. The molecule has 174 valence electrons. The van der Waals surface area contributed by atoms with Crippen LogP contribution in [0, 0.1) is 17.8 Å². The van der Waals surface area contributed by atoms with Crippen LogP contribution in [-0.4, -0.2) is 31.1 Å². The van der Waals surface area contributed by atoms with Crippen LogP contribution in [0.2, 0.25) is 0 Å². The van der Waals surface area contributed by atoms with Crippen LogP contribution in [0.25, 0.3) is 0 Å². The number of amides is 2. The van der Waals surface area contributed by atoms with Gasteiger partial charge in [0.15, 0.2) is 5.76 Å². The van der Waals surface area contributed by atoms with Gasteiger partial charge in [-0.05, 0) is 106 Å². The van der Waals surface area contributed by atoms with E-state index in [9.17, 15) is 9.59 Å². The Labute approximate surface area is 194 Å². The smallest absolute Gasteiger partial charge is 0.291 e. The molecule has 6 heteroatoms. The summed E-state index contributed by atoms with van der Waals surface area (Å²) in [7, 11) is 0. The van der Waals surface area contributed by atoms with E-state index in [-0.39, 0.29) is 23.3 Å². The van der Waals surface area contributed by atoms with Crippen molar-refractivity contribution < 1.29 is 18.7 Å². The van der Waals surface area contributed by atoms with Crippen molar-refractivity contribution in [2.45, 2.75) is 62.9 Å². The van der Waals surface area contributed by atoms with E-state index in [2.05, 4.69) is 10.6 Å². The van der Waals surface area contributed by atoms with Crippen molar-refractivity contribution in [3.8, 4) is 0 Å². The fourth-order valence-corrected chi connectivity index (χ4v) is 7.17. The summed E-state index contributed by atoms with van der Waals surface area (Å²) in [6, 6.07) is 10.8. The number of ether oxygens (including phenoxy) is 1. The third-order valence-corrected chi connectivity index (χ3v) is 8.31. The lowest BCUT2D eigenvalue weighted by atomic mass is 9.49. The monoisotopic (exact) mass is 448 g/mol. The zero-order valence-corrected chi connectivity index (χ0v) is 19.0. The highest BCUT2D eigenvalue weighted by molar-refractivity contribution is 6.02. The van der Waals surface area contributed by atoms with Crippen LogP contribution in [-0.2, 0) is 10.2 Å². The highest BCUT2D eigenvalue weighted by Gasteiger charge is 2.53. The van der Waals surface area contributed by atoms with E-state index in [1.165, 1.54) is 38.5 Å². The van der Waals surface area contributed by atoms with E-state index in [0.29, 0.717) is 23.6 Å². The van der Waals surface area contributed by atoms with Gasteiger partial charge in [0.05, 0.1) is 6.10 Å². The Morgan fingerprint density at radius 2 is 1.61 bits per heavy atom. The number of anilines is 1. The quantitative estimate of drug-likeness (QED) is 0.658. The Bertz CT molecular complexity index is 999. The maximum absolute atomic E-state index is 12.8.